The van der Waals surface area contributed by atoms with Gasteiger partial charge in [0.1, 0.15) is 12.1 Å². The molecule has 1 aliphatic rings. The lowest BCUT2D eigenvalue weighted by atomic mass is 9.46. The summed E-state index contributed by atoms with van der Waals surface area (Å²) in [7, 11) is 20.5. The Morgan fingerprint density at radius 2 is 1.86 bits per heavy atom. The summed E-state index contributed by atoms with van der Waals surface area (Å²) in [6.07, 6.45) is 2.51. The Labute approximate surface area is 176 Å². The molecule has 0 unspecified atom stereocenters. The number of aromatic nitrogens is 4. The van der Waals surface area contributed by atoms with Crippen LogP contribution in [0.25, 0.3) is 5.65 Å². The smallest absolute Gasteiger partial charge is 0.221 e. The highest BCUT2D eigenvalue weighted by Gasteiger charge is 2.51. The van der Waals surface area contributed by atoms with E-state index in [-0.39, 0.29) is 22.6 Å². The van der Waals surface area contributed by atoms with Crippen LogP contribution in [0.4, 0.5) is 4.39 Å². The maximum atomic E-state index is 14.7. The SMILES string of the molecule is [B]C1([B])CC(c2cn3ncnc3cc2F)CC([B])([B])N1S(=O)(=O)c1cc(C)ns1. The first-order chi connectivity index (χ1) is 13.4. The maximum absolute atomic E-state index is 14.7. The Hall–Kier alpha value is -1.65. The Morgan fingerprint density at radius 3 is 2.45 bits per heavy atom. The van der Waals surface area contributed by atoms with Gasteiger partial charge in [0, 0.05) is 17.8 Å². The third-order valence-electron chi connectivity index (χ3n) is 4.84. The molecule has 0 amide bonds. The normalized spacial score (nSPS) is 20.2. The van der Waals surface area contributed by atoms with Crippen LogP contribution in [0.1, 0.15) is 30.0 Å². The molecule has 7 nitrogen and oxygen atoms in total. The Bertz CT molecular complexity index is 1180. The van der Waals surface area contributed by atoms with Crippen LogP contribution in [-0.4, -0.2) is 73.8 Å². The van der Waals surface area contributed by atoms with E-state index in [0.29, 0.717) is 15.6 Å². The van der Waals surface area contributed by atoms with E-state index in [0.717, 1.165) is 11.5 Å². The van der Waals surface area contributed by atoms with E-state index in [4.69, 9.17) is 31.4 Å². The number of hydrogen-bond acceptors (Lipinski definition) is 6. The van der Waals surface area contributed by atoms with Gasteiger partial charge in [-0.2, -0.15) is 9.47 Å². The van der Waals surface area contributed by atoms with Gasteiger partial charge in [0.05, 0.1) is 37.1 Å². The van der Waals surface area contributed by atoms with Crippen LogP contribution < -0.4 is 0 Å². The van der Waals surface area contributed by atoms with Gasteiger partial charge in [0.2, 0.25) is 0 Å². The van der Waals surface area contributed by atoms with Crippen molar-refractivity contribution < 1.29 is 12.8 Å². The lowest BCUT2D eigenvalue weighted by Crippen LogP contribution is -2.68. The zero-order valence-electron chi connectivity index (χ0n) is 15.4. The van der Waals surface area contributed by atoms with Crippen molar-refractivity contribution in [2.45, 2.75) is 40.6 Å². The summed E-state index contributed by atoms with van der Waals surface area (Å²) in [5.41, 5.74) is 1.06. The summed E-state index contributed by atoms with van der Waals surface area (Å²) in [4.78, 5) is 3.92. The average molecular weight is 421 g/mol. The topological polar surface area (TPSA) is 80.5 Å². The highest BCUT2D eigenvalue weighted by molar-refractivity contribution is 7.91. The fourth-order valence-electron chi connectivity index (χ4n) is 3.79. The van der Waals surface area contributed by atoms with Crippen molar-refractivity contribution in [3.05, 3.63) is 41.7 Å². The van der Waals surface area contributed by atoms with Gasteiger partial charge in [-0.25, -0.2) is 26.6 Å². The predicted molar refractivity (Wildman–Crippen MR) is 109 cm³/mol. The number of nitrogens with zero attached hydrogens (tertiary/aromatic N) is 5. The molecule has 4 heterocycles. The van der Waals surface area contributed by atoms with Gasteiger partial charge >= 0.3 is 0 Å². The third-order valence-corrected chi connectivity index (χ3v) is 8.16. The van der Waals surface area contributed by atoms with Crippen molar-refractivity contribution in [1.82, 2.24) is 23.3 Å². The quantitative estimate of drug-likeness (QED) is 0.565. The van der Waals surface area contributed by atoms with E-state index in [2.05, 4.69) is 14.5 Å². The summed E-state index contributed by atoms with van der Waals surface area (Å²) in [6, 6.07) is 2.60. The van der Waals surface area contributed by atoms with Gasteiger partial charge in [-0.05, 0) is 54.0 Å². The molecule has 0 atom stereocenters. The molecular weight excluding hydrogens is 409 g/mol. The molecule has 29 heavy (non-hydrogen) atoms. The molecule has 14 heteroatoms. The highest BCUT2D eigenvalue weighted by Crippen LogP contribution is 2.45. The summed E-state index contributed by atoms with van der Waals surface area (Å²) in [6.45, 7) is 1.65. The number of pyridine rings is 1. The van der Waals surface area contributed by atoms with E-state index in [1.807, 2.05) is 0 Å². The zero-order valence-corrected chi connectivity index (χ0v) is 17.0. The number of piperidine rings is 1. The van der Waals surface area contributed by atoms with E-state index >= 15 is 0 Å². The van der Waals surface area contributed by atoms with Crippen LogP contribution in [0.3, 0.4) is 0 Å². The number of sulfonamides is 1. The van der Waals surface area contributed by atoms with Crippen LogP contribution in [0.2, 0.25) is 0 Å². The molecule has 1 aliphatic heterocycles. The van der Waals surface area contributed by atoms with Crippen LogP contribution >= 0.6 is 11.5 Å². The molecule has 0 N–H and O–H groups in total. The maximum Gasteiger partial charge on any atom is 0.252 e. The zero-order chi connectivity index (χ0) is 21.2. The van der Waals surface area contributed by atoms with Gasteiger partial charge in [-0.1, -0.05) is 0 Å². The minimum absolute atomic E-state index is 0.0794. The summed E-state index contributed by atoms with van der Waals surface area (Å²) >= 11 is 0.773. The molecule has 0 bridgehead atoms. The lowest BCUT2D eigenvalue weighted by Gasteiger charge is -2.55. The first-order valence-electron chi connectivity index (χ1n) is 8.55. The number of rotatable bonds is 3. The third kappa shape index (κ3) is 3.44. The molecule has 3 aromatic heterocycles. The Balaban J connectivity index is 1.76. The fourth-order valence-corrected chi connectivity index (χ4v) is 6.55. The second kappa shape index (κ2) is 6.68. The van der Waals surface area contributed by atoms with Crippen molar-refractivity contribution >= 4 is 58.6 Å². The van der Waals surface area contributed by atoms with E-state index < -0.39 is 32.4 Å². The second-order valence-electron chi connectivity index (χ2n) is 7.28. The van der Waals surface area contributed by atoms with Crippen LogP contribution in [0.5, 0.6) is 0 Å². The summed E-state index contributed by atoms with van der Waals surface area (Å²) in [5, 5.41) is 0.0555. The fraction of sp³-hybridized carbons (Fsp3) is 0.400. The van der Waals surface area contributed by atoms with E-state index in [9.17, 15) is 12.8 Å². The molecule has 0 aromatic carbocycles. The number of halogens is 1. The van der Waals surface area contributed by atoms with Crippen molar-refractivity contribution in [3.63, 3.8) is 0 Å². The minimum Gasteiger partial charge on any atom is -0.221 e. The van der Waals surface area contributed by atoms with Gasteiger partial charge in [-0.15, -0.1) is 0 Å². The van der Waals surface area contributed by atoms with Crippen LogP contribution in [-0.2, 0) is 10.0 Å². The lowest BCUT2D eigenvalue weighted by molar-refractivity contribution is 0.206. The first-order valence-corrected chi connectivity index (χ1v) is 10.8. The van der Waals surface area contributed by atoms with Gasteiger partial charge < -0.3 is 0 Å². The van der Waals surface area contributed by atoms with Gasteiger partial charge in [-0.3, -0.25) is 0 Å². The largest absolute Gasteiger partial charge is 0.252 e. The molecule has 0 aliphatic carbocycles. The minimum atomic E-state index is -4.23. The Kier molecular flexibility index (Phi) is 4.75. The number of aryl methyl sites for hydroxylation is 1. The van der Waals surface area contributed by atoms with E-state index in [1.54, 1.807) is 6.92 Å². The summed E-state index contributed by atoms with van der Waals surface area (Å²) < 4.78 is 47.0. The van der Waals surface area contributed by atoms with Crippen molar-refractivity contribution in [2.24, 2.45) is 0 Å². The van der Waals surface area contributed by atoms with Gasteiger partial charge in [0.15, 0.2) is 9.86 Å². The van der Waals surface area contributed by atoms with Gasteiger partial charge in [0.25, 0.3) is 10.0 Å². The molecule has 8 radical (unpaired) electrons. The standard InChI is InChI=1S/C15H12B4FN5O2S2/c1-8-2-13(28-23-8)29(26,27)25-14(16,17)4-9(5-15(25,18)19)10-6-24-12(3-11(10)20)21-7-22-24/h2-3,6-7,9H,4-5H2,1H3. The molecule has 0 spiro atoms. The molecule has 3 aromatic rings. The first kappa shape index (κ1) is 20.6. The molecule has 1 saturated heterocycles. The molecular formula is C15H12B4FN5O2S2. The van der Waals surface area contributed by atoms with Crippen molar-refractivity contribution in [1.29, 1.82) is 0 Å². The average Bonchev–Trinajstić information content (AvgIpc) is 3.19. The molecule has 0 saturated carbocycles. The number of fused-ring (bicyclic) bond motifs is 1. The van der Waals surface area contributed by atoms with Crippen molar-refractivity contribution in [3.8, 4) is 0 Å². The van der Waals surface area contributed by atoms with E-state index in [1.165, 1.54) is 29.2 Å². The highest BCUT2D eigenvalue weighted by atomic mass is 32.2. The number of hydrogen-bond donors (Lipinski definition) is 0. The monoisotopic (exact) mass is 421 g/mol. The van der Waals surface area contributed by atoms with Crippen molar-refractivity contribution in [2.75, 3.05) is 0 Å². The van der Waals surface area contributed by atoms with Crippen LogP contribution in [0, 0.1) is 12.7 Å². The molecule has 1 fully saturated rings. The molecule has 4 rings (SSSR count). The molecule has 140 valence electrons. The second-order valence-corrected chi connectivity index (χ2v) is 10.1. The Morgan fingerprint density at radius 1 is 1.21 bits per heavy atom. The van der Waals surface area contributed by atoms with Crippen LogP contribution in [0.15, 0.2) is 28.9 Å². The predicted octanol–water partition coefficient (Wildman–Crippen LogP) is 0.183. The summed E-state index contributed by atoms with van der Waals surface area (Å²) in [5.74, 6) is -1.21.